The third-order valence-corrected chi connectivity index (χ3v) is 2.93. The van der Waals surface area contributed by atoms with Gasteiger partial charge in [-0.05, 0) is 19.1 Å². The summed E-state index contributed by atoms with van der Waals surface area (Å²) >= 11 is 0. The van der Waals surface area contributed by atoms with Crippen molar-refractivity contribution in [1.29, 1.82) is 0 Å². The van der Waals surface area contributed by atoms with Gasteiger partial charge in [0.25, 0.3) is 0 Å². The maximum Gasteiger partial charge on any atom is 0.125 e. The lowest BCUT2D eigenvalue weighted by Crippen LogP contribution is -2.05. The molecule has 0 spiro atoms. The topological polar surface area (TPSA) is 55.8 Å². The van der Waals surface area contributed by atoms with Gasteiger partial charge in [0.1, 0.15) is 23.9 Å². The SMILES string of the molecule is COc1cc2c(cc1C(O)CC=O)OC(C)C2. The van der Waals surface area contributed by atoms with Gasteiger partial charge in [-0.15, -0.1) is 0 Å². The van der Waals surface area contributed by atoms with E-state index in [2.05, 4.69) is 0 Å². The summed E-state index contributed by atoms with van der Waals surface area (Å²) in [5.41, 5.74) is 1.68. The van der Waals surface area contributed by atoms with Gasteiger partial charge >= 0.3 is 0 Å². The summed E-state index contributed by atoms with van der Waals surface area (Å²) in [5.74, 6) is 1.38. The minimum absolute atomic E-state index is 0.0602. The zero-order valence-corrected chi connectivity index (χ0v) is 9.97. The number of benzene rings is 1. The molecular weight excluding hydrogens is 220 g/mol. The van der Waals surface area contributed by atoms with E-state index in [-0.39, 0.29) is 12.5 Å². The lowest BCUT2D eigenvalue weighted by Gasteiger charge is -2.14. The molecule has 0 fully saturated rings. The molecule has 0 aliphatic carbocycles. The van der Waals surface area contributed by atoms with Gasteiger partial charge in [-0.2, -0.15) is 0 Å². The third-order valence-electron chi connectivity index (χ3n) is 2.93. The van der Waals surface area contributed by atoms with Gasteiger partial charge in [0.15, 0.2) is 0 Å². The number of fused-ring (bicyclic) bond motifs is 1. The number of ether oxygens (including phenoxy) is 2. The van der Waals surface area contributed by atoms with Gasteiger partial charge in [-0.1, -0.05) is 0 Å². The van der Waals surface area contributed by atoms with Crippen molar-refractivity contribution < 1.29 is 19.4 Å². The molecule has 0 saturated carbocycles. The minimum Gasteiger partial charge on any atom is -0.496 e. The molecule has 0 aromatic heterocycles. The van der Waals surface area contributed by atoms with E-state index in [4.69, 9.17) is 9.47 Å². The molecule has 4 heteroatoms. The summed E-state index contributed by atoms with van der Waals surface area (Å²) in [6, 6.07) is 3.65. The molecule has 1 aliphatic heterocycles. The van der Waals surface area contributed by atoms with Crippen LogP contribution < -0.4 is 9.47 Å². The van der Waals surface area contributed by atoms with E-state index in [9.17, 15) is 9.90 Å². The number of aliphatic hydroxyl groups excluding tert-OH is 1. The summed E-state index contributed by atoms with van der Waals surface area (Å²) in [4.78, 5) is 10.4. The predicted octanol–water partition coefficient (Wildman–Crippen LogP) is 1.64. The Morgan fingerprint density at radius 2 is 2.41 bits per heavy atom. The van der Waals surface area contributed by atoms with E-state index in [0.29, 0.717) is 17.6 Å². The van der Waals surface area contributed by atoms with Crippen LogP contribution in [0.2, 0.25) is 0 Å². The molecule has 92 valence electrons. The third kappa shape index (κ3) is 2.26. The Morgan fingerprint density at radius 1 is 1.65 bits per heavy atom. The van der Waals surface area contributed by atoms with Crippen LogP contribution in [-0.2, 0) is 11.2 Å². The average Bonchev–Trinajstić information content (AvgIpc) is 2.66. The summed E-state index contributed by atoms with van der Waals surface area (Å²) in [6.45, 7) is 1.99. The quantitative estimate of drug-likeness (QED) is 0.807. The first-order valence-corrected chi connectivity index (χ1v) is 5.65. The molecule has 0 radical (unpaired) electrons. The van der Waals surface area contributed by atoms with E-state index in [1.165, 1.54) is 0 Å². The molecule has 4 nitrogen and oxygen atoms in total. The molecule has 1 heterocycles. The van der Waals surface area contributed by atoms with E-state index in [0.717, 1.165) is 17.7 Å². The number of aliphatic hydroxyl groups is 1. The number of hydrogen-bond acceptors (Lipinski definition) is 4. The number of methoxy groups -OCH3 is 1. The standard InChI is InChI=1S/C13H16O4/c1-8-5-9-6-13(16-2)10(7-12(9)17-8)11(15)3-4-14/h4,6-8,11,15H,3,5H2,1-2H3. The Balaban J connectivity index is 2.38. The second-order valence-electron chi connectivity index (χ2n) is 4.25. The minimum atomic E-state index is -0.841. The van der Waals surface area contributed by atoms with Crippen LogP contribution in [0, 0.1) is 0 Å². The van der Waals surface area contributed by atoms with Crippen molar-refractivity contribution in [3.8, 4) is 11.5 Å². The highest BCUT2D eigenvalue weighted by Crippen LogP contribution is 2.37. The van der Waals surface area contributed by atoms with Crippen LogP contribution in [0.5, 0.6) is 11.5 Å². The summed E-state index contributed by atoms with van der Waals surface area (Å²) in [5, 5.41) is 9.86. The van der Waals surface area contributed by atoms with Crippen molar-refractivity contribution in [3.63, 3.8) is 0 Å². The van der Waals surface area contributed by atoms with Gasteiger partial charge in [0.2, 0.25) is 0 Å². The molecular formula is C13H16O4. The fourth-order valence-corrected chi connectivity index (χ4v) is 2.11. The number of rotatable bonds is 4. The molecule has 17 heavy (non-hydrogen) atoms. The molecule has 0 bridgehead atoms. The summed E-state index contributed by atoms with van der Waals surface area (Å²) < 4.78 is 10.9. The number of carbonyl (C=O) groups is 1. The fraction of sp³-hybridized carbons (Fsp3) is 0.462. The Morgan fingerprint density at radius 3 is 3.06 bits per heavy atom. The first kappa shape index (κ1) is 11.9. The van der Waals surface area contributed by atoms with Crippen molar-refractivity contribution >= 4 is 6.29 Å². The normalized spacial score (nSPS) is 19.4. The van der Waals surface area contributed by atoms with Crippen molar-refractivity contribution in [2.45, 2.75) is 32.0 Å². The van der Waals surface area contributed by atoms with Crippen LogP contribution in [0.3, 0.4) is 0 Å². The van der Waals surface area contributed by atoms with E-state index in [1.807, 2.05) is 13.0 Å². The second-order valence-corrected chi connectivity index (χ2v) is 4.25. The first-order chi connectivity index (χ1) is 8.15. The zero-order valence-electron chi connectivity index (χ0n) is 9.97. The number of carbonyl (C=O) groups excluding carboxylic acids is 1. The van der Waals surface area contributed by atoms with Crippen molar-refractivity contribution in [2.75, 3.05) is 7.11 Å². The molecule has 1 aliphatic rings. The van der Waals surface area contributed by atoms with E-state index < -0.39 is 6.10 Å². The van der Waals surface area contributed by atoms with Crippen molar-refractivity contribution in [3.05, 3.63) is 23.3 Å². The highest BCUT2D eigenvalue weighted by Gasteiger charge is 2.23. The van der Waals surface area contributed by atoms with Crippen LogP contribution >= 0.6 is 0 Å². The molecule has 1 N–H and O–H groups in total. The van der Waals surface area contributed by atoms with Crippen molar-refractivity contribution in [2.24, 2.45) is 0 Å². The van der Waals surface area contributed by atoms with Gasteiger partial charge in [-0.25, -0.2) is 0 Å². The zero-order chi connectivity index (χ0) is 12.4. The Labute approximate surface area is 100 Å². The van der Waals surface area contributed by atoms with Gasteiger partial charge in [0.05, 0.1) is 13.2 Å². The molecule has 2 unspecified atom stereocenters. The first-order valence-electron chi connectivity index (χ1n) is 5.65. The van der Waals surface area contributed by atoms with Crippen LogP contribution in [0.15, 0.2) is 12.1 Å². The highest BCUT2D eigenvalue weighted by atomic mass is 16.5. The molecule has 1 aromatic carbocycles. The number of hydrogen-bond donors (Lipinski definition) is 1. The summed E-state index contributed by atoms with van der Waals surface area (Å²) in [6.07, 6.45) is 0.904. The van der Waals surface area contributed by atoms with E-state index >= 15 is 0 Å². The molecule has 2 atom stereocenters. The van der Waals surface area contributed by atoms with E-state index in [1.54, 1.807) is 13.2 Å². The summed E-state index contributed by atoms with van der Waals surface area (Å²) in [7, 11) is 1.55. The van der Waals surface area contributed by atoms with Crippen molar-refractivity contribution in [1.82, 2.24) is 0 Å². The predicted molar refractivity (Wildman–Crippen MR) is 62.4 cm³/mol. The largest absolute Gasteiger partial charge is 0.496 e. The monoisotopic (exact) mass is 236 g/mol. The van der Waals surface area contributed by atoms with Crippen LogP contribution in [0.25, 0.3) is 0 Å². The second kappa shape index (κ2) is 4.75. The lowest BCUT2D eigenvalue weighted by atomic mass is 10.0. The molecule has 0 amide bonds. The lowest BCUT2D eigenvalue weighted by molar-refractivity contribution is -0.109. The smallest absolute Gasteiger partial charge is 0.125 e. The van der Waals surface area contributed by atoms with Gasteiger partial charge in [0, 0.05) is 24.0 Å². The van der Waals surface area contributed by atoms with Gasteiger partial charge < -0.3 is 19.4 Å². The maximum atomic E-state index is 10.4. The number of aldehydes is 1. The molecule has 0 saturated heterocycles. The van der Waals surface area contributed by atoms with Crippen LogP contribution in [0.4, 0.5) is 0 Å². The van der Waals surface area contributed by atoms with Crippen LogP contribution in [0.1, 0.15) is 30.6 Å². The fourth-order valence-electron chi connectivity index (χ4n) is 2.11. The highest BCUT2D eigenvalue weighted by molar-refractivity contribution is 5.54. The van der Waals surface area contributed by atoms with Gasteiger partial charge in [-0.3, -0.25) is 0 Å². The molecule has 2 rings (SSSR count). The average molecular weight is 236 g/mol. The Kier molecular flexibility index (Phi) is 3.33. The maximum absolute atomic E-state index is 10.4. The Bertz CT molecular complexity index is 428. The Hall–Kier alpha value is -1.55. The molecule has 1 aromatic rings. The van der Waals surface area contributed by atoms with Crippen LogP contribution in [-0.4, -0.2) is 24.6 Å².